The lowest BCUT2D eigenvalue weighted by Crippen LogP contribution is -2.30. The number of rotatable bonds is 3. The van der Waals surface area contributed by atoms with E-state index in [9.17, 15) is 8.42 Å². The Bertz CT molecular complexity index is 608. The predicted molar refractivity (Wildman–Crippen MR) is 65.6 cm³/mol. The fourth-order valence-electron chi connectivity index (χ4n) is 2.08. The van der Waals surface area contributed by atoms with Crippen molar-refractivity contribution in [1.82, 2.24) is 5.59 Å². The molecule has 1 saturated carbocycles. The molecule has 18 heavy (non-hydrogen) atoms. The third-order valence-electron chi connectivity index (χ3n) is 3.02. The van der Waals surface area contributed by atoms with Crippen molar-refractivity contribution < 1.29 is 13.3 Å². The van der Waals surface area contributed by atoms with E-state index in [0.29, 0.717) is 11.6 Å². The van der Waals surface area contributed by atoms with Crippen LogP contribution in [-0.4, -0.2) is 8.42 Å². The zero-order valence-corrected chi connectivity index (χ0v) is 10.4. The summed E-state index contributed by atoms with van der Waals surface area (Å²) >= 11 is 0. The van der Waals surface area contributed by atoms with E-state index in [0.717, 1.165) is 18.4 Å². The number of hydrogen-bond acceptors (Lipinski definition) is 5. The molecule has 0 aromatic heterocycles. The Morgan fingerprint density at radius 2 is 2.17 bits per heavy atom. The molecular weight excluding hydrogens is 254 g/mol. The highest BCUT2D eigenvalue weighted by Gasteiger charge is 2.31. The first-order valence-electron chi connectivity index (χ1n) is 5.60. The lowest BCUT2D eigenvalue weighted by molar-refractivity contribution is 0.158. The molecule has 6 nitrogen and oxygen atoms in total. The van der Waals surface area contributed by atoms with E-state index in [2.05, 4.69) is 5.59 Å². The van der Waals surface area contributed by atoms with Crippen LogP contribution in [0, 0.1) is 0 Å². The molecule has 3 rings (SSSR count). The van der Waals surface area contributed by atoms with Crippen molar-refractivity contribution in [2.45, 2.75) is 23.7 Å². The molecule has 1 aliphatic carbocycles. The van der Waals surface area contributed by atoms with Gasteiger partial charge in [0, 0.05) is 0 Å². The number of hydrazine groups is 1. The Kier molecular flexibility index (Phi) is 2.54. The monoisotopic (exact) mass is 267 g/mol. The molecule has 0 saturated heterocycles. The minimum absolute atomic E-state index is 0.106. The second kappa shape index (κ2) is 3.98. The van der Waals surface area contributed by atoms with Crippen LogP contribution in [0.3, 0.4) is 0 Å². The van der Waals surface area contributed by atoms with Crippen molar-refractivity contribution in [2.24, 2.45) is 5.14 Å². The van der Waals surface area contributed by atoms with Crippen molar-refractivity contribution in [3.8, 4) is 0 Å². The van der Waals surface area contributed by atoms with Crippen LogP contribution in [0.5, 0.6) is 0 Å². The SMILES string of the molecule is NS(=O)(=O)c1cccc(C2CC2)c1N1C=CON1. The average Bonchev–Trinajstić information content (AvgIpc) is 3.03. The molecule has 1 fully saturated rings. The van der Waals surface area contributed by atoms with Gasteiger partial charge in [-0.1, -0.05) is 17.7 Å². The maximum absolute atomic E-state index is 11.7. The van der Waals surface area contributed by atoms with Crippen molar-refractivity contribution >= 4 is 15.7 Å². The average molecular weight is 267 g/mol. The highest BCUT2D eigenvalue weighted by molar-refractivity contribution is 7.89. The normalized spacial score (nSPS) is 19.1. The van der Waals surface area contributed by atoms with Crippen LogP contribution in [0.2, 0.25) is 0 Å². The predicted octanol–water partition coefficient (Wildman–Crippen LogP) is 0.939. The van der Waals surface area contributed by atoms with Gasteiger partial charge in [-0.15, -0.1) is 0 Å². The van der Waals surface area contributed by atoms with Gasteiger partial charge in [-0.3, -0.25) is 0 Å². The van der Waals surface area contributed by atoms with E-state index in [1.54, 1.807) is 12.3 Å². The van der Waals surface area contributed by atoms with Crippen molar-refractivity contribution in [3.05, 3.63) is 36.2 Å². The summed E-state index contributed by atoms with van der Waals surface area (Å²) in [6.07, 6.45) is 5.20. The molecule has 1 aromatic carbocycles. The molecule has 0 atom stereocenters. The van der Waals surface area contributed by atoms with Gasteiger partial charge in [0.2, 0.25) is 10.0 Å². The van der Waals surface area contributed by atoms with E-state index in [1.807, 2.05) is 6.07 Å². The van der Waals surface area contributed by atoms with Gasteiger partial charge < -0.3 is 4.84 Å². The van der Waals surface area contributed by atoms with Crippen molar-refractivity contribution in [1.29, 1.82) is 0 Å². The maximum atomic E-state index is 11.7. The lowest BCUT2D eigenvalue weighted by Gasteiger charge is -2.20. The van der Waals surface area contributed by atoms with Crippen LogP contribution in [-0.2, 0) is 14.9 Å². The molecule has 2 aliphatic rings. The summed E-state index contributed by atoms with van der Waals surface area (Å²) in [5, 5.41) is 6.80. The number of benzene rings is 1. The molecule has 1 aromatic rings. The van der Waals surface area contributed by atoms with Gasteiger partial charge in [0.15, 0.2) is 0 Å². The minimum Gasteiger partial charge on any atom is -0.395 e. The lowest BCUT2D eigenvalue weighted by atomic mass is 10.1. The Morgan fingerprint density at radius 3 is 2.72 bits per heavy atom. The third kappa shape index (κ3) is 1.96. The summed E-state index contributed by atoms with van der Waals surface area (Å²) < 4.78 is 23.3. The number of nitrogens with two attached hydrogens (primary N) is 1. The van der Waals surface area contributed by atoms with E-state index in [4.69, 9.17) is 9.98 Å². The molecule has 7 heteroatoms. The van der Waals surface area contributed by atoms with Gasteiger partial charge in [-0.05, 0) is 30.4 Å². The summed E-state index contributed by atoms with van der Waals surface area (Å²) in [5.74, 6) is 0.400. The molecule has 0 spiro atoms. The third-order valence-corrected chi connectivity index (χ3v) is 3.97. The number of hydrogen-bond donors (Lipinski definition) is 2. The number of anilines is 1. The standard InChI is InChI=1S/C11H13N3O3S/c12-18(15,16)10-3-1-2-9(8-4-5-8)11(10)14-6-7-17-13-14/h1-3,6-8,13H,4-5H2,(H2,12,15,16). The molecule has 0 amide bonds. The maximum Gasteiger partial charge on any atom is 0.240 e. The van der Waals surface area contributed by atoms with E-state index in [-0.39, 0.29) is 4.90 Å². The van der Waals surface area contributed by atoms with Gasteiger partial charge >= 0.3 is 0 Å². The second-order valence-electron chi connectivity index (χ2n) is 4.38. The first-order chi connectivity index (χ1) is 8.57. The van der Waals surface area contributed by atoms with Gasteiger partial charge in [0.25, 0.3) is 0 Å². The molecule has 0 unspecified atom stereocenters. The number of para-hydroxylation sites is 1. The Balaban J connectivity index is 2.19. The molecule has 1 heterocycles. The molecule has 0 radical (unpaired) electrons. The van der Waals surface area contributed by atoms with Gasteiger partial charge in [0.1, 0.15) is 11.2 Å². The van der Waals surface area contributed by atoms with E-state index >= 15 is 0 Å². The second-order valence-corrected chi connectivity index (χ2v) is 5.91. The Hall–Kier alpha value is -1.57. The van der Waals surface area contributed by atoms with Crippen LogP contribution in [0.1, 0.15) is 24.3 Å². The quantitative estimate of drug-likeness (QED) is 0.851. The Labute approximate surface area is 105 Å². The first-order valence-corrected chi connectivity index (χ1v) is 7.15. The molecule has 0 bridgehead atoms. The number of primary sulfonamides is 1. The van der Waals surface area contributed by atoms with E-state index < -0.39 is 10.0 Å². The first kappa shape index (κ1) is 11.5. The summed E-state index contributed by atoms with van der Waals surface area (Å²) in [4.78, 5) is 5.00. The van der Waals surface area contributed by atoms with E-state index in [1.165, 1.54) is 17.3 Å². The summed E-state index contributed by atoms with van der Waals surface area (Å²) in [5.41, 5.74) is 4.14. The van der Waals surface area contributed by atoms with Crippen molar-refractivity contribution in [3.63, 3.8) is 0 Å². The van der Waals surface area contributed by atoms with Gasteiger partial charge in [0.05, 0.1) is 11.9 Å². The van der Waals surface area contributed by atoms with Crippen LogP contribution < -0.4 is 15.7 Å². The topological polar surface area (TPSA) is 84.7 Å². The zero-order chi connectivity index (χ0) is 12.8. The van der Waals surface area contributed by atoms with Gasteiger partial charge in [-0.25, -0.2) is 18.6 Å². The fourth-order valence-corrected chi connectivity index (χ4v) is 2.83. The zero-order valence-electron chi connectivity index (χ0n) is 9.54. The van der Waals surface area contributed by atoms with Crippen LogP contribution in [0.15, 0.2) is 35.6 Å². The summed E-state index contributed by atoms with van der Waals surface area (Å²) in [6.45, 7) is 0. The van der Waals surface area contributed by atoms with Crippen molar-refractivity contribution in [2.75, 3.05) is 5.01 Å². The largest absolute Gasteiger partial charge is 0.395 e. The minimum atomic E-state index is -3.77. The fraction of sp³-hybridized carbons (Fsp3) is 0.273. The summed E-state index contributed by atoms with van der Waals surface area (Å²) in [7, 11) is -3.77. The molecule has 1 aliphatic heterocycles. The van der Waals surface area contributed by atoms with Gasteiger partial charge in [-0.2, -0.15) is 0 Å². The Morgan fingerprint density at radius 1 is 1.39 bits per heavy atom. The van der Waals surface area contributed by atoms with Crippen LogP contribution in [0.25, 0.3) is 0 Å². The highest BCUT2D eigenvalue weighted by Crippen LogP contribution is 2.46. The highest BCUT2D eigenvalue weighted by atomic mass is 32.2. The molecule has 3 N–H and O–H groups in total. The summed E-state index contributed by atoms with van der Waals surface area (Å²) in [6, 6.07) is 5.15. The van der Waals surface area contributed by atoms with Crippen LogP contribution >= 0.6 is 0 Å². The van der Waals surface area contributed by atoms with Crippen LogP contribution in [0.4, 0.5) is 5.69 Å². The number of nitrogens with one attached hydrogen (secondary N) is 1. The smallest absolute Gasteiger partial charge is 0.240 e. The number of sulfonamides is 1. The molecular formula is C11H13N3O3S. The number of nitrogens with zero attached hydrogens (tertiary/aromatic N) is 1. The molecule has 96 valence electrons.